The van der Waals surface area contributed by atoms with Gasteiger partial charge >= 0.3 is 0 Å². The Kier molecular flexibility index (Phi) is 4.07. The van der Waals surface area contributed by atoms with Crippen LogP contribution in [0.4, 0.5) is 28.8 Å². The summed E-state index contributed by atoms with van der Waals surface area (Å²) < 4.78 is 0. The summed E-state index contributed by atoms with van der Waals surface area (Å²) in [6, 6.07) is 18.1. The predicted octanol–water partition coefficient (Wildman–Crippen LogP) is 4.40. The van der Waals surface area contributed by atoms with Gasteiger partial charge in [0.2, 0.25) is 0 Å². The molecule has 2 aromatic carbocycles. The van der Waals surface area contributed by atoms with E-state index in [1.165, 1.54) is 6.33 Å². The number of fused-ring (bicyclic) bond motifs is 1. The van der Waals surface area contributed by atoms with Gasteiger partial charge in [0.15, 0.2) is 11.6 Å². The number of nitrogens with zero attached hydrogens (tertiary/aromatic N) is 3. The fourth-order valence-electron chi connectivity index (χ4n) is 2.72. The number of nitrogens with two attached hydrogens (primary N) is 1. The van der Waals surface area contributed by atoms with E-state index < -0.39 is 0 Å². The SMILES string of the molecule is Cc1ccc(Nc2ncnc(Nc3cccc4ccccc34)c2N)nc1. The molecule has 0 aliphatic carbocycles. The van der Waals surface area contributed by atoms with E-state index in [0.29, 0.717) is 23.1 Å². The van der Waals surface area contributed by atoms with E-state index in [0.717, 1.165) is 22.0 Å². The van der Waals surface area contributed by atoms with Crippen LogP contribution in [0.25, 0.3) is 10.8 Å². The molecule has 0 bridgehead atoms. The number of nitrogen functional groups attached to an aromatic ring is 1. The Labute approximate surface area is 151 Å². The average molecular weight is 342 g/mol. The van der Waals surface area contributed by atoms with Crippen LogP contribution in [0.2, 0.25) is 0 Å². The molecule has 26 heavy (non-hydrogen) atoms. The molecule has 0 unspecified atom stereocenters. The van der Waals surface area contributed by atoms with Gasteiger partial charge in [0.25, 0.3) is 0 Å². The molecular formula is C20H18N6. The zero-order chi connectivity index (χ0) is 17.9. The lowest BCUT2D eigenvalue weighted by Gasteiger charge is -2.13. The highest BCUT2D eigenvalue weighted by molar-refractivity contribution is 5.96. The van der Waals surface area contributed by atoms with Crippen LogP contribution >= 0.6 is 0 Å². The van der Waals surface area contributed by atoms with Crippen molar-refractivity contribution in [3.05, 3.63) is 72.7 Å². The number of aryl methyl sites for hydroxylation is 1. The van der Waals surface area contributed by atoms with Crippen molar-refractivity contribution in [2.24, 2.45) is 0 Å². The summed E-state index contributed by atoms with van der Waals surface area (Å²) in [5.74, 6) is 1.74. The molecule has 0 radical (unpaired) electrons. The van der Waals surface area contributed by atoms with Gasteiger partial charge in [0.1, 0.15) is 17.8 Å². The Morgan fingerprint density at radius 3 is 2.38 bits per heavy atom. The van der Waals surface area contributed by atoms with Crippen LogP contribution in [0.5, 0.6) is 0 Å². The van der Waals surface area contributed by atoms with Gasteiger partial charge in [0, 0.05) is 17.3 Å². The zero-order valence-corrected chi connectivity index (χ0v) is 14.3. The smallest absolute Gasteiger partial charge is 0.160 e. The van der Waals surface area contributed by atoms with Crippen LogP contribution in [0.1, 0.15) is 5.56 Å². The van der Waals surface area contributed by atoms with Crippen molar-refractivity contribution in [3.63, 3.8) is 0 Å². The lowest BCUT2D eigenvalue weighted by molar-refractivity contribution is 1.16. The molecule has 4 N–H and O–H groups in total. The minimum Gasteiger partial charge on any atom is -0.393 e. The maximum atomic E-state index is 6.28. The van der Waals surface area contributed by atoms with Gasteiger partial charge < -0.3 is 16.4 Å². The van der Waals surface area contributed by atoms with Crippen LogP contribution < -0.4 is 16.4 Å². The van der Waals surface area contributed by atoms with Crippen molar-refractivity contribution in [2.45, 2.75) is 6.92 Å². The molecule has 4 aromatic rings. The number of rotatable bonds is 4. The first-order valence-corrected chi connectivity index (χ1v) is 8.25. The molecule has 0 spiro atoms. The molecule has 0 saturated heterocycles. The predicted molar refractivity (Wildman–Crippen MR) is 106 cm³/mol. The van der Waals surface area contributed by atoms with Crippen molar-refractivity contribution in [3.8, 4) is 0 Å². The van der Waals surface area contributed by atoms with E-state index in [2.05, 4.69) is 43.8 Å². The highest BCUT2D eigenvalue weighted by Gasteiger charge is 2.10. The minimum atomic E-state index is 0.433. The van der Waals surface area contributed by atoms with Crippen LogP contribution in [0, 0.1) is 6.92 Å². The van der Waals surface area contributed by atoms with Gasteiger partial charge in [-0.3, -0.25) is 0 Å². The summed E-state index contributed by atoms with van der Waals surface area (Å²) in [5.41, 5.74) is 8.73. The summed E-state index contributed by atoms with van der Waals surface area (Å²) in [6.45, 7) is 1.99. The van der Waals surface area contributed by atoms with Crippen molar-refractivity contribution in [2.75, 3.05) is 16.4 Å². The van der Waals surface area contributed by atoms with Gasteiger partial charge in [-0.2, -0.15) is 0 Å². The van der Waals surface area contributed by atoms with Gasteiger partial charge in [-0.25, -0.2) is 15.0 Å². The molecule has 0 aliphatic rings. The van der Waals surface area contributed by atoms with Crippen molar-refractivity contribution in [1.82, 2.24) is 15.0 Å². The monoisotopic (exact) mass is 342 g/mol. The number of nitrogens with one attached hydrogen (secondary N) is 2. The first kappa shape index (κ1) is 15.8. The van der Waals surface area contributed by atoms with Crippen LogP contribution in [-0.2, 0) is 0 Å². The largest absolute Gasteiger partial charge is 0.393 e. The number of hydrogen-bond acceptors (Lipinski definition) is 6. The van der Waals surface area contributed by atoms with Crippen LogP contribution in [-0.4, -0.2) is 15.0 Å². The Morgan fingerprint density at radius 2 is 1.58 bits per heavy atom. The lowest BCUT2D eigenvalue weighted by Crippen LogP contribution is -2.06. The van der Waals surface area contributed by atoms with Gasteiger partial charge in [0.05, 0.1) is 0 Å². The molecule has 128 valence electrons. The summed E-state index contributed by atoms with van der Waals surface area (Å²) in [7, 11) is 0. The van der Waals surface area contributed by atoms with Gasteiger partial charge in [-0.05, 0) is 30.0 Å². The molecule has 2 aromatic heterocycles. The number of aromatic nitrogens is 3. The second kappa shape index (κ2) is 6.68. The number of pyridine rings is 1. The van der Waals surface area contributed by atoms with E-state index >= 15 is 0 Å². The molecule has 6 heteroatoms. The molecule has 0 amide bonds. The van der Waals surface area contributed by atoms with Gasteiger partial charge in [-0.1, -0.05) is 42.5 Å². The quantitative estimate of drug-likeness (QED) is 0.509. The summed E-state index contributed by atoms with van der Waals surface area (Å²) in [5, 5.41) is 8.69. The average Bonchev–Trinajstić information content (AvgIpc) is 2.67. The second-order valence-electron chi connectivity index (χ2n) is 5.98. The third-order valence-corrected chi connectivity index (χ3v) is 4.08. The number of hydrogen-bond donors (Lipinski definition) is 3. The van der Waals surface area contributed by atoms with Crippen LogP contribution in [0.3, 0.4) is 0 Å². The van der Waals surface area contributed by atoms with Crippen molar-refractivity contribution >= 4 is 39.6 Å². The summed E-state index contributed by atoms with van der Waals surface area (Å²) >= 11 is 0. The molecule has 0 aliphatic heterocycles. The Morgan fingerprint density at radius 1 is 0.808 bits per heavy atom. The zero-order valence-electron chi connectivity index (χ0n) is 14.3. The molecule has 0 fully saturated rings. The topological polar surface area (TPSA) is 88.8 Å². The molecule has 4 rings (SSSR count). The third kappa shape index (κ3) is 3.12. The molecule has 0 atom stereocenters. The first-order chi connectivity index (χ1) is 12.7. The second-order valence-corrected chi connectivity index (χ2v) is 5.98. The molecular weight excluding hydrogens is 324 g/mol. The Bertz CT molecular complexity index is 1050. The number of anilines is 5. The normalized spacial score (nSPS) is 10.7. The van der Waals surface area contributed by atoms with E-state index in [-0.39, 0.29) is 0 Å². The maximum absolute atomic E-state index is 6.28. The number of benzene rings is 2. The van der Waals surface area contributed by atoms with Gasteiger partial charge in [-0.15, -0.1) is 0 Å². The maximum Gasteiger partial charge on any atom is 0.160 e. The minimum absolute atomic E-state index is 0.433. The standard InChI is InChI=1S/C20H18N6/c1-13-9-10-17(22-11-13)26-20-18(21)19(23-12-24-20)25-16-8-4-6-14-5-2-3-7-15(14)16/h2-12H,21H2,1H3,(H2,22,23,24,25,26). The lowest BCUT2D eigenvalue weighted by atomic mass is 10.1. The summed E-state index contributed by atoms with van der Waals surface area (Å²) in [6.07, 6.45) is 3.26. The molecule has 6 nitrogen and oxygen atoms in total. The van der Waals surface area contributed by atoms with Crippen molar-refractivity contribution < 1.29 is 0 Å². The van der Waals surface area contributed by atoms with Crippen molar-refractivity contribution in [1.29, 1.82) is 0 Å². The highest BCUT2D eigenvalue weighted by atomic mass is 15.1. The third-order valence-electron chi connectivity index (χ3n) is 4.08. The fraction of sp³-hybridized carbons (Fsp3) is 0.0500. The molecule has 2 heterocycles. The van der Waals surface area contributed by atoms with E-state index in [4.69, 9.17) is 5.73 Å². The van der Waals surface area contributed by atoms with E-state index in [1.807, 2.05) is 43.3 Å². The van der Waals surface area contributed by atoms with Crippen LogP contribution in [0.15, 0.2) is 67.1 Å². The van der Waals surface area contributed by atoms with E-state index in [9.17, 15) is 0 Å². The fourth-order valence-corrected chi connectivity index (χ4v) is 2.72. The summed E-state index contributed by atoms with van der Waals surface area (Å²) in [4.78, 5) is 12.8. The highest BCUT2D eigenvalue weighted by Crippen LogP contribution is 2.30. The first-order valence-electron chi connectivity index (χ1n) is 8.25. The molecule has 0 saturated carbocycles. The Balaban J connectivity index is 1.66. The Hall–Kier alpha value is -3.67. The van der Waals surface area contributed by atoms with E-state index in [1.54, 1.807) is 6.20 Å².